The van der Waals surface area contributed by atoms with Crippen molar-refractivity contribution in [2.45, 2.75) is 26.4 Å². The zero-order valence-electron chi connectivity index (χ0n) is 11.1. The fourth-order valence-corrected chi connectivity index (χ4v) is 1.99. The van der Waals surface area contributed by atoms with Crippen LogP contribution in [-0.4, -0.2) is 25.5 Å². The highest BCUT2D eigenvalue weighted by atomic mass is 79.9. The van der Waals surface area contributed by atoms with E-state index in [2.05, 4.69) is 31.4 Å². The lowest BCUT2D eigenvalue weighted by Crippen LogP contribution is -2.31. The normalized spacial score (nSPS) is 12.4. The predicted octanol–water partition coefficient (Wildman–Crippen LogP) is 1.56. The van der Waals surface area contributed by atoms with Crippen LogP contribution in [0.5, 0.6) is 0 Å². The van der Waals surface area contributed by atoms with Gasteiger partial charge in [-0.15, -0.1) is 0 Å². The number of aryl methyl sites for hydroxylation is 2. The Hall–Kier alpha value is -1.63. The average molecular weight is 326 g/mol. The quantitative estimate of drug-likeness (QED) is 0.927. The van der Waals surface area contributed by atoms with E-state index >= 15 is 0 Å². The number of carbonyl (C=O) groups excluding carboxylic acids is 1. The lowest BCUT2D eigenvalue weighted by atomic mass is 10.3. The number of aromatic nitrogens is 4. The Morgan fingerprint density at radius 3 is 2.84 bits per heavy atom. The van der Waals surface area contributed by atoms with E-state index in [-0.39, 0.29) is 11.9 Å². The topological polar surface area (TPSA) is 64.7 Å². The van der Waals surface area contributed by atoms with E-state index in [0.717, 1.165) is 15.9 Å². The minimum Gasteiger partial charge on any atom is -0.349 e. The molecule has 0 aliphatic rings. The Morgan fingerprint density at radius 2 is 2.32 bits per heavy atom. The second-order valence-corrected chi connectivity index (χ2v) is 5.35. The standard InChI is InChI=1S/C12H16BrN5O/c1-8-4-11(16-17(8)3)6-14-12(19)9(2)18-7-10(13)5-15-18/h4-5,7,9H,6H2,1-3H3,(H,14,19). The Bertz CT molecular complexity index is 569. The van der Waals surface area contributed by atoms with Crippen LogP contribution in [0, 0.1) is 6.92 Å². The summed E-state index contributed by atoms with van der Waals surface area (Å²) in [7, 11) is 1.88. The van der Waals surface area contributed by atoms with E-state index in [1.807, 2.05) is 20.0 Å². The molecule has 1 atom stereocenters. The van der Waals surface area contributed by atoms with Gasteiger partial charge in [0.25, 0.3) is 0 Å². The van der Waals surface area contributed by atoms with Crippen LogP contribution < -0.4 is 5.32 Å². The van der Waals surface area contributed by atoms with Gasteiger partial charge in [0.1, 0.15) is 6.04 Å². The van der Waals surface area contributed by atoms with Crippen LogP contribution >= 0.6 is 15.9 Å². The summed E-state index contributed by atoms with van der Waals surface area (Å²) in [6.45, 7) is 4.20. The molecule has 0 aliphatic carbocycles. The molecule has 19 heavy (non-hydrogen) atoms. The van der Waals surface area contributed by atoms with Gasteiger partial charge >= 0.3 is 0 Å². The highest BCUT2D eigenvalue weighted by molar-refractivity contribution is 9.10. The number of nitrogens with zero attached hydrogens (tertiary/aromatic N) is 4. The minimum absolute atomic E-state index is 0.0843. The SMILES string of the molecule is Cc1cc(CNC(=O)C(C)n2cc(Br)cn2)nn1C. The Balaban J connectivity index is 1.94. The molecule has 102 valence electrons. The molecule has 2 aromatic rings. The summed E-state index contributed by atoms with van der Waals surface area (Å²) in [4.78, 5) is 12.0. The highest BCUT2D eigenvalue weighted by Crippen LogP contribution is 2.11. The van der Waals surface area contributed by atoms with Crippen molar-refractivity contribution in [3.05, 3.63) is 34.3 Å². The molecule has 0 radical (unpaired) electrons. The van der Waals surface area contributed by atoms with Crippen molar-refractivity contribution in [3.63, 3.8) is 0 Å². The van der Waals surface area contributed by atoms with Crippen molar-refractivity contribution in [1.82, 2.24) is 24.9 Å². The second-order valence-electron chi connectivity index (χ2n) is 4.43. The van der Waals surface area contributed by atoms with Crippen LogP contribution in [0.25, 0.3) is 0 Å². The maximum absolute atomic E-state index is 12.0. The molecule has 0 bridgehead atoms. The number of carbonyl (C=O) groups is 1. The summed E-state index contributed by atoms with van der Waals surface area (Å²) in [5.74, 6) is -0.0843. The van der Waals surface area contributed by atoms with E-state index in [1.54, 1.807) is 28.7 Å². The largest absolute Gasteiger partial charge is 0.349 e. The molecule has 6 nitrogen and oxygen atoms in total. The van der Waals surface area contributed by atoms with Gasteiger partial charge in [0.05, 0.1) is 22.9 Å². The van der Waals surface area contributed by atoms with Crippen LogP contribution in [-0.2, 0) is 18.4 Å². The molecule has 1 amide bonds. The Labute approximate surface area is 119 Å². The number of nitrogens with one attached hydrogen (secondary N) is 1. The molecule has 0 saturated heterocycles. The first-order valence-electron chi connectivity index (χ1n) is 5.94. The molecule has 2 heterocycles. The first kappa shape index (κ1) is 13.8. The molecule has 2 aromatic heterocycles. The third kappa shape index (κ3) is 3.23. The van der Waals surface area contributed by atoms with Crippen molar-refractivity contribution >= 4 is 21.8 Å². The summed E-state index contributed by atoms with van der Waals surface area (Å²) < 4.78 is 4.26. The van der Waals surface area contributed by atoms with Gasteiger partial charge in [-0.2, -0.15) is 10.2 Å². The summed E-state index contributed by atoms with van der Waals surface area (Å²) >= 11 is 3.31. The van der Waals surface area contributed by atoms with Gasteiger partial charge in [-0.05, 0) is 35.8 Å². The third-order valence-electron chi connectivity index (χ3n) is 2.95. The maximum Gasteiger partial charge on any atom is 0.244 e. The summed E-state index contributed by atoms with van der Waals surface area (Å²) in [6, 6.07) is 1.60. The zero-order chi connectivity index (χ0) is 14.0. The molecule has 0 aromatic carbocycles. The van der Waals surface area contributed by atoms with E-state index < -0.39 is 0 Å². The average Bonchev–Trinajstić information content (AvgIpc) is 2.93. The molecule has 1 unspecified atom stereocenters. The van der Waals surface area contributed by atoms with Gasteiger partial charge in [-0.1, -0.05) is 0 Å². The van der Waals surface area contributed by atoms with Crippen molar-refractivity contribution < 1.29 is 4.79 Å². The van der Waals surface area contributed by atoms with Crippen LogP contribution in [0.4, 0.5) is 0 Å². The van der Waals surface area contributed by atoms with Crippen LogP contribution in [0.1, 0.15) is 24.4 Å². The molecule has 7 heteroatoms. The van der Waals surface area contributed by atoms with E-state index in [9.17, 15) is 4.79 Å². The van der Waals surface area contributed by atoms with Gasteiger partial charge in [0, 0.05) is 18.9 Å². The van der Waals surface area contributed by atoms with Gasteiger partial charge in [-0.25, -0.2) is 0 Å². The first-order valence-corrected chi connectivity index (χ1v) is 6.73. The first-order chi connectivity index (χ1) is 8.97. The van der Waals surface area contributed by atoms with Gasteiger partial charge in [0.15, 0.2) is 0 Å². The maximum atomic E-state index is 12.0. The highest BCUT2D eigenvalue weighted by Gasteiger charge is 2.15. The van der Waals surface area contributed by atoms with E-state index in [0.29, 0.717) is 6.54 Å². The van der Waals surface area contributed by atoms with Crippen LogP contribution in [0.2, 0.25) is 0 Å². The van der Waals surface area contributed by atoms with E-state index in [1.165, 1.54) is 0 Å². The van der Waals surface area contributed by atoms with Crippen molar-refractivity contribution in [2.24, 2.45) is 7.05 Å². The fraction of sp³-hybridized carbons (Fsp3) is 0.417. The Kier molecular flexibility index (Phi) is 4.04. The van der Waals surface area contributed by atoms with Crippen LogP contribution in [0.15, 0.2) is 22.9 Å². The molecule has 0 spiro atoms. The lowest BCUT2D eigenvalue weighted by Gasteiger charge is -2.11. The number of hydrogen-bond donors (Lipinski definition) is 1. The number of rotatable bonds is 4. The number of amides is 1. The van der Waals surface area contributed by atoms with Crippen molar-refractivity contribution in [2.75, 3.05) is 0 Å². The third-order valence-corrected chi connectivity index (χ3v) is 3.36. The molecule has 1 N–H and O–H groups in total. The fourth-order valence-electron chi connectivity index (χ4n) is 1.69. The smallest absolute Gasteiger partial charge is 0.244 e. The molecule has 0 saturated carbocycles. The lowest BCUT2D eigenvalue weighted by molar-refractivity contribution is -0.124. The number of halogens is 1. The van der Waals surface area contributed by atoms with Crippen molar-refractivity contribution in [1.29, 1.82) is 0 Å². The summed E-state index contributed by atoms with van der Waals surface area (Å²) in [5, 5.41) is 11.2. The summed E-state index contributed by atoms with van der Waals surface area (Å²) in [5.41, 5.74) is 1.91. The van der Waals surface area contributed by atoms with Crippen LogP contribution in [0.3, 0.4) is 0 Å². The Morgan fingerprint density at radius 1 is 1.58 bits per heavy atom. The summed E-state index contributed by atoms with van der Waals surface area (Å²) in [6.07, 6.45) is 3.43. The van der Waals surface area contributed by atoms with Gasteiger partial charge < -0.3 is 5.32 Å². The minimum atomic E-state index is -0.351. The molecular weight excluding hydrogens is 310 g/mol. The zero-order valence-corrected chi connectivity index (χ0v) is 12.7. The monoisotopic (exact) mass is 325 g/mol. The van der Waals surface area contributed by atoms with Gasteiger partial charge in [0.2, 0.25) is 5.91 Å². The van der Waals surface area contributed by atoms with Crippen molar-refractivity contribution in [3.8, 4) is 0 Å². The number of hydrogen-bond acceptors (Lipinski definition) is 3. The molecule has 0 fully saturated rings. The molecule has 2 rings (SSSR count). The molecule has 0 aliphatic heterocycles. The second kappa shape index (κ2) is 5.56. The predicted molar refractivity (Wildman–Crippen MR) is 74.4 cm³/mol. The van der Waals surface area contributed by atoms with Gasteiger partial charge in [-0.3, -0.25) is 14.2 Å². The molecular formula is C12H16BrN5O. The van der Waals surface area contributed by atoms with E-state index in [4.69, 9.17) is 0 Å².